The Labute approximate surface area is 313 Å². The Balaban J connectivity index is 1.59. The number of fused-ring (bicyclic) bond motifs is 2. The molecule has 6 N–H and O–H groups in total. The van der Waals surface area contributed by atoms with Gasteiger partial charge in [-0.05, 0) is 55.2 Å². The van der Waals surface area contributed by atoms with Crippen molar-refractivity contribution in [1.82, 2.24) is 9.37 Å². The van der Waals surface area contributed by atoms with E-state index in [0.717, 1.165) is 16.4 Å². The number of benzene rings is 3. The van der Waals surface area contributed by atoms with Crippen molar-refractivity contribution in [2.75, 3.05) is 24.6 Å². The van der Waals surface area contributed by atoms with Crippen molar-refractivity contribution in [3.05, 3.63) is 59.5 Å². The third-order valence-corrected chi connectivity index (χ3v) is 12.3. The molecular formula is C33H34N4O15S3. The zero-order chi connectivity index (χ0) is 40.5. The summed E-state index contributed by atoms with van der Waals surface area (Å²) in [4.78, 5) is 51.1. The lowest BCUT2D eigenvalue weighted by atomic mass is 9.90. The lowest BCUT2D eigenvalue weighted by Crippen LogP contribution is -2.37. The van der Waals surface area contributed by atoms with Gasteiger partial charge in [0.1, 0.15) is 0 Å². The number of rotatable bonds is 16. The second-order valence-corrected chi connectivity index (χ2v) is 17.2. The fraction of sp³-hybridized carbons (Fsp3) is 0.303. The van der Waals surface area contributed by atoms with E-state index in [0.29, 0.717) is 5.06 Å². The molecule has 55 heavy (non-hydrogen) atoms. The lowest BCUT2D eigenvalue weighted by Gasteiger charge is -2.25. The highest BCUT2D eigenvalue weighted by atomic mass is 32.2. The van der Waals surface area contributed by atoms with Crippen molar-refractivity contribution in [2.45, 2.75) is 54.7 Å². The number of imide groups is 1. The van der Waals surface area contributed by atoms with Crippen LogP contribution in [0.25, 0.3) is 33.4 Å². The molecule has 1 saturated heterocycles. The number of nitrogens with zero attached hydrogens (tertiary/aromatic N) is 2. The first kappa shape index (κ1) is 40.9. The number of unbranched alkanes of at least 4 members (excludes halogenated alkanes) is 2. The molecule has 0 spiro atoms. The standard InChI is InChI=1S/C33H34N4O15S3/c34-23-12-10-21-28(19-7-3-4-8-20(19)33(41)42)22-11-13-24(35)32(55(48,49)50)30(22)51-29(21)31(23)54(46,47)36(17-6-18-53(43,44)45)16-5-1-2-9-27(40)52-37-25(38)14-15-26(37)39/h3-4,7-8,10-13,34H,1-2,5-6,9,14-18,35H2,(H,41,42)(H,43,44,45)(H,48,49,50). The maximum Gasteiger partial charge on any atom is 0.336 e. The summed E-state index contributed by atoms with van der Waals surface area (Å²) < 4.78 is 104. The van der Waals surface area contributed by atoms with Crippen LogP contribution >= 0.6 is 0 Å². The minimum Gasteiger partial charge on any atom is -0.478 e. The summed E-state index contributed by atoms with van der Waals surface area (Å²) in [5, 5.41) is 18.4. The topological polar surface area (TPSA) is 310 Å². The molecule has 2 amide bonds. The van der Waals surface area contributed by atoms with Gasteiger partial charge in [-0.15, -0.1) is 5.06 Å². The maximum atomic E-state index is 14.6. The minimum atomic E-state index is -5.18. The number of nitrogens with one attached hydrogen (secondary N) is 1. The number of hydroxylamine groups is 2. The van der Waals surface area contributed by atoms with Crippen LogP contribution in [0.1, 0.15) is 55.3 Å². The number of nitrogens with two attached hydrogens (primary N) is 1. The van der Waals surface area contributed by atoms with Crippen LogP contribution in [-0.2, 0) is 49.5 Å². The summed E-state index contributed by atoms with van der Waals surface area (Å²) in [5.41, 5.74) is 4.34. The highest BCUT2D eigenvalue weighted by Gasteiger charge is 2.36. The molecule has 0 aromatic heterocycles. The molecule has 5 rings (SSSR count). The summed E-state index contributed by atoms with van der Waals surface area (Å²) in [5.74, 6) is -5.08. The van der Waals surface area contributed by atoms with Gasteiger partial charge in [0.25, 0.3) is 32.1 Å². The molecule has 22 heteroatoms. The van der Waals surface area contributed by atoms with Gasteiger partial charge in [-0.25, -0.2) is 18.0 Å². The summed E-state index contributed by atoms with van der Waals surface area (Å²) in [6, 6.07) is 10.3. The molecule has 2 aliphatic heterocycles. The molecule has 2 heterocycles. The van der Waals surface area contributed by atoms with Crippen molar-refractivity contribution in [2.24, 2.45) is 0 Å². The summed E-state index contributed by atoms with van der Waals surface area (Å²) >= 11 is 0. The van der Waals surface area contributed by atoms with Crippen molar-refractivity contribution in [3.8, 4) is 22.5 Å². The van der Waals surface area contributed by atoms with Gasteiger partial charge in [0.2, 0.25) is 10.0 Å². The fourth-order valence-electron chi connectivity index (χ4n) is 6.13. The summed E-state index contributed by atoms with van der Waals surface area (Å²) in [6.45, 7) is -0.863. The normalized spacial score (nSPS) is 14.0. The van der Waals surface area contributed by atoms with E-state index in [1.54, 1.807) is 0 Å². The molecule has 0 unspecified atom stereocenters. The molecular weight excluding hydrogens is 789 g/mol. The lowest BCUT2D eigenvalue weighted by molar-refractivity contribution is -0.197. The van der Waals surface area contributed by atoms with Crippen molar-refractivity contribution in [3.63, 3.8) is 0 Å². The van der Waals surface area contributed by atoms with Gasteiger partial charge in [-0.3, -0.25) is 24.1 Å². The first-order chi connectivity index (χ1) is 25.7. The number of carboxylic acid groups (broad SMARTS) is 1. The van der Waals surface area contributed by atoms with Gasteiger partial charge in [-0.2, -0.15) is 21.1 Å². The Morgan fingerprint density at radius 1 is 0.855 bits per heavy atom. The molecule has 2 aromatic rings. The van der Waals surface area contributed by atoms with Gasteiger partial charge in [0.15, 0.2) is 21.1 Å². The molecule has 294 valence electrons. The number of hydrogen-bond acceptors (Lipinski definition) is 14. The molecule has 1 fully saturated rings. The summed E-state index contributed by atoms with van der Waals surface area (Å²) in [7, 11) is -14.6. The second kappa shape index (κ2) is 15.8. The van der Waals surface area contributed by atoms with Crippen molar-refractivity contribution in [1.29, 1.82) is 5.41 Å². The first-order valence-corrected chi connectivity index (χ1v) is 20.9. The van der Waals surface area contributed by atoms with Crippen LogP contribution in [0.15, 0.2) is 62.7 Å². The van der Waals surface area contributed by atoms with E-state index >= 15 is 0 Å². The number of hydrogen-bond donors (Lipinski definition) is 5. The number of nitrogen functional groups attached to an aromatic ring is 1. The predicted octanol–water partition coefficient (Wildman–Crippen LogP) is 2.65. The van der Waals surface area contributed by atoms with Gasteiger partial charge in [-0.1, -0.05) is 24.6 Å². The highest BCUT2D eigenvalue weighted by molar-refractivity contribution is 7.89. The van der Waals surface area contributed by atoms with Gasteiger partial charge in [0, 0.05) is 48.9 Å². The molecule has 2 aromatic carbocycles. The third-order valence-electron chi connectivity index (χ3n) is 8.58. The zero-order valence-electron chi connectivity index (χ0n) is 28.6. The number of carbonyl (C=O) groups excluding carboxylic acids is 3. The van der Waals surface area contributed by atoms with Crippen LogP contribution in [0.2, 0.25) is 0 Å². The second-order valence-electron chi connectivity index (χ2n) is 12.4. The minimum absolute atomic E-state index is 0.0186. The van der Waals surface area contributed by atoms with E-state index in [1.807, 2.05) is 0 Å². The monoisotopic (exact) mass is 822 g/mol. The fourth-order valence-corrected chi connectivity index (χ4v) is 9.10. The molecule has 19 nitrogen and oxygen atoms in total. The summed E-state index contributed by atoms with van der Waals surface area (Å²) in [6.07, 6.45) is -0.535. The van der Waals surface area contributed by atoms with E-state index in [-0.39, 0.29) is 72.7 Å². The Morgan fingerprint density at radius 2 is 1.51 bits per heavy atom. The van der Waals surface area contributed by atoms with Crippen LogP contribution < -0.4 is 11.1 Å². The van der Waals surface area contributed by atoms with E-state index in [9.17, 15) is 58.6 Å². The number of amides is 2. The van der Waals surface area contributed by atoms with E-state index in [1.165, 1.54) is 36.4 Å². The largest absolute Gasteiger partial charge is 0.478 e. The van der Waals surface area contributed by atoms with Crippen molar-refractivity contribution >= 4 is 70.7 Å². The smallest absolute Gasteiger partial charge is 0.336 e. The Kier molecular flexibility index (Phi) is 11.8. The number of aromatic carboxylic acids is 1. The van der Waals surface area contributed by atoms with Gasteiger partial charge in [0.05, 0.1) is 22.4 Å². The Morgan fingerprint density at radius 3 is 2.15 bits per heavy atom. The number of carboxylic acids is 1. The Hall–Kier alpha value is -5.26. The number of sulfonamides is 1. The highest BCUT2D eigenvalue weighted by Crippen LogP contribution is 2.46. The molecule has 3 aliphatic rings. The van der Waals surface area contributed by atoms with E-state index in [4.69, 9.17) is 20.4 Å². The predicted molar refractivity (Wildman–Crippen MR) is 191 cm³/mol. The SMILES string of the molecule is N=c1ccc2c(-c3ccccc3C(=O)O)c3ccc(N)c(S(=O)(=O)O)c3oc-2c1S(=O)(=O)N(CCCCCC(=O)ON1C(=O)CCC1=O)CCCS(=O)(=O)O. The molecule has 0 radical (unpaired) electrons. The average molecular weight is 823 g/mol. The van der Waals surface area contributed by atoms with Crippen LogP contribution in [0.5, 0.6) is 0 Å². The van der Waals surface area contributed by atoms with Crippen LogP contribution in [0.4, 0.5) is 5.69 Å². The zero-order valence-corrected chi connectivity index (χ0v) is 31.1. The number of anilines is 1. The quantitative estimate of drug-likeness (QED) is 0.0357. The van der Waals surface area contributed by atoms with Crippen LogP contribution in [-0.4, -0.2) is 91.4 Å². The van der Waals surface area contributed by atoms with Gasteiger partial charge >= 0.3 is 11.9 Å². The van der Waals surface area contributed by atoms with E-state index < -0.39 is 105 Å². The van der Waals surface area contributed by atoms with Gasteiger partial charge < -0.3 is 20.1 Å². The molecule has 0 saturated carbocycles. The van der Waals surface area contributed by atoms with Crippen LogP contribution in [0, 0.1) is 5.41 Å². The third kappa shape index (κ3) is 8.84. The first-order valence-electron chi connectivity index (χ1n) is 16.4. The Bertz CT molecular complexity index is 2570. The molecule has 1 aliphatic carbocycles. The molecule has 0 bridgehead atoms. The maximum absolute atomic E-state index is 14.6. The molecule has 0 atom stereocenters. The average Bonchev–Trinajstić information content (AvgIpc) is 3.40. The van der Waals surface area contributed by atoms with Crippen LogP contribution in [0.3, 0.4) is 0 Å². The van der Waals surface area contributed by atoms with Crippen molar-refractivity contribution < 1.29 is 67.9 Å². The van der Waals surface area contributed by atoms with E-state index in [2.05, 4.69) is 0 Å². The number of carbonyl (C=O) groups is 4.